The average Bonchev–Trinajstić information content (AvgIpc) is 2.48. The second-order valence-corrected chi connectivity index (χ2v) is 5.29. The van der Waals surface area contributed by atoms with Crippen LogP contribution in [-0.4, -0.2) is 16.6 Å². The average molecular weight is 281 g/mol. The lowest BCUT2D eigenvalue weighted by molar-refractivity contribution is 0.447. The van der Waals surface area contributed by atoms with Gasteiger partial charge in [-0.25, -0.2) is 9.98 Å². The molecule has 1 aromatic carbocycles. The molecule has 5 nitrogen and oxygen atoms in total. The maximum atomic E-state index is 6.31. The zero-order valence-electron chi connectivity index (χ0n) is 11.8. The number of fused-ring (bicyclic) bond motifs is 1. The number of aliphatic imine (C=N–C) groups is 1. The van der Waals surface area contributed by atoms with Gasteiger partial charge >= 0.3 is 0 Å². The molecule has 5 heteroatoms. The number of hydrogen-bond acceptors (Lipinski definition) is 5. The lowest BCUT2D eigenvalue weighted by Gasteiger charge is -2.32. The number of rotatable bonds is 4. The minimum absolute atomic E-state index is 0.444. The van der Waals surface area contributed by atoms with Crippen LogP contribution < -0.4 is 16.8 Å². The first kappa shape index (κ1) is 13.6. The Balaban J connectivity index is 1.67. The summed E-state index contributed by atoms with van der Waals surface area (Å²) < 4.78 is 0. The molecule has 3 rings (SSSR count). The third kappa shape index (κ3) is 3.03. The van der Waals surface area contributed by atoms with Crippen molar-refractivity contribution in [2.45, 2.75) is 25.0 Å². The summed E-state index contributed by atoms with van der Waals surface area (Å²) in [5.74, 6) is 0.270. The fraction of sp³-hybridized carbons (Fsp3) is 0.250. The quantitative estimate of drug-likeness (QED) is 0.798. The molecule has 0 spiro atoms. The van der Waals surface area contributed by atoms with Crippen molar-refractivity contribution in [1.29, 1.82) is 0 Å². The van der Waals surface area contributed by atoms with Crippen molar-refractivity contribution < 1.29 is 0 Å². The normalized spacial score (nSPS) is 20.3. The number of benzene rings is 1. The maximum absolute atomic E-state index is 6.31. The standard InChI is InChI=1S/C16H19N5/c17-14-13-9-5-11-19-15(13)21-16(18,20-14)10-4-8-12-6-2-1-3-7-12/h1-3,5-7,9,11H,4,8,10,18H2,(H2,17,20)(H,19,21). The first-order chi connectivity index (χ1) is 10.2. The molecule has 1 aliphatic heterocycles. The number of pyridine rings is 1. The molecule has 2 aromatic rings. The van der Waals surface area contributed by atoms with E-state index < -0.39 is 5.79 Å². The smallest absolute Gasteiger partial charge is 0.185 e. The third-order valence-electron chi connectivity index (χ3n) is 3.60. The molecule has 0 fully saturated rings. The van der Waals surface area contributed by atoms with Gasteiger partial charge in [0, 0.05) is 12.6 Å². The van der Waals surface area contributed by atoms with E-state index in [0.29, 0.717) is 18.1 Å². The fourth-order valence-corrected chi connectivity index (χ4v) is 2.54. The molecule has 1 atom stereocenters. The first-order valence-corrected chi connectivity index (χ1v) is 7.08. The molecule has 0 saturated heterocycles. The summed E-state index contributed by atoms with van der Waals surface area (Å²) in [6, 6.07) is 14.1. The van der Waals surface area contributed by atoms with E-state index in [2.05, 4.69) is 27.4 Å². The highest BCUT2D eigenvalue weighted by Gasteiger charge is 2.30. The summed E-state index contributed by atoms with van der Waals surface area (Å²) >= 11 is 0. The number of nitrogens with zero attached hydrogens (tertiary/aromatic N) is 2. The Labute approximate surface area is 124 Å². The molecular weight excluding hydrogens is 262 g/mol. The molecule has 1 aliphatic rings. The van der Waals surface area contributed by atoms with Crippen molar-refractivity contribution in [3.63, 3.8) is 0 Å². The van der Waals surface area contributed by atoms with Gasteiger partial charge in [0.1, 0.15) is 11.7 Å². The molecule has 0 aliphatic carbocycles. The van der Waals surface area contributed by atoms with E-state index in [1.165, 1.54) is 5.56 Å². The van der Waals surface area contributed by atoms with Crippen molar-refractivity contribution in [2.24, 2.45) is 16.5 Å². The van der Waals surface area contributed by atoms with Crippen LogP contribution >= 0.6 is 0 Å². The highest BCUT2D eigenvalue weighted by molar-refractivity contribution is 6.03. The van der Waals surface area contributed by atoms with E-state index in [-0.39, 0.29) is 0 Å². The molecule has 2 heterocycles. The molecule has 0 radical (unpaired) electrons. The monoisotopic (exact) mass is 281 g/mol. The number of nitrogens with two attached hydrogens (primary N) is 2. The second-order valence-electron chi connectivity index (χ2n) is 5.29. The summed E-state index contributed by atoms with van der Waals surface area (Å²) in [5, 5.41) is 3.19. The van der Waals surface area contributed by atoms with Crippen molar-refractivity contribution in [2.75, 3.05) is 5.32 Å². The van der Waals surface area contributed by atoms with E-state index in [9.17, 15) is 0 Å². The van der Waals surface area contributed by atoms with Crippen LogP contribution in [0.3, 0.4) is 0 Å². The van der Waals surface area contributed by atoms with E-state index in [0.717, 1.165) is 18.4 Å². The summed E-state index contributed by atoms with van der Waals surface area (Å²) in [6.07, 6.45) is 4.30. The second kappa shape index (κ2) is 5.54. The third-order valence-corrected chi connectivity index (χ3v) is 3.60. The van der Waals surface area contributed by atoms with Crippen molar-refractivity contribution >= 4 is 11.7 Å². The number of nitrogens with one attached hydrogen (secondary N) is 1. The van der Waals surface area contributed by atoms with Gasteiger partial charge in [0.2, 0.25) is 0 Å². The van der Waals surface area contributed by atoms with Crippen molar-refractivity contribution in [3.8, 4) is 0 Å². The Hall–Kier alpha value is -2.40. The molecule has 21 heavy (non-hydrogen) atoms. The predicted molar refractivity (Wildman–Crippen MR) is 84.9 cm³/mol. The molecule has 108 valence electrons. The van der Waals surface area contributed by atoms with Gasteiger partial charge < -0.3 is 11.1 Å². The minimum atomic E-state index is -0.875. The van der Waals surface area contributed by atoms with Crippen LogP contribution in [0.2, 0.25) is 0 Å². The van der Waals surface area contributed by atoms with E-state index in [1.807, 2.05) is 30.3 Å². The van der Waals surface area contributed by atoms with Crippen LogP contribution in [0.15, 0.2) is 53.7 Å². The highest BCUT2D eigenvalue weighted by Crippen LogP contribution is 2.24. The Morgan fingerprint density at radius 1 is 1.10 bits per heavy atom. The van der Waals surface area contributed by atoms with Gasteiger partial charge in [0.15, 0.2) is 5.79 Å². The molecule has 1 aromatic heterocycles. The van der Waals surface area contributed by atoms with Crippen LogP contribution in [0.1, 0.15) is 24.0 Å². The van der Waals surface area contributed by atoms with E-state index in [1.54, 1.807) is 6.20 Å². The molecule has 0 bridgehead atoms. The van der Waals surface area contributed by atoms with Gasteiger partial charge in [0.25, 0.3) is 0 Å². The molecule has 5 N–H and O–H groups in total. The molecule has 0 amide bonds. The van der Waals surface area contributed by atoms with E-state index in [4.69, 9.17) is 11.5 Å². The van der Waals surface area contributed by atoms with E-state index >= 15 is 0 Å². The van der Waals surface area contributed by atoms with Crippen LogP contribution in [-0.2, 0) is 6.42 Å². The topological polar surface area (TPSA) is 89.3 Å². The number of hydrogen-bond donors (Lipinski definition) is 3. The maximum Gasteiger partial charge on any atom is 0.185 e. The Morgan fingerprint density at radius 2 is 1.90 bits per heavy atom. The zero-order valence-corrected chi connectivity index (χ0v) is 11.8. The number of aryl methyl sites for hydroxylation is 1. The minimum Gasteiger partial charge on any atom is -0.383 e. The van der Waals surface area contributed by atoms with Gasteiger partial charge in [0.05, 0.1) is 5.56 Å². The Kier molecular flexibility index (Phi) is 3.58. The van der Waals surface area contributed by atoms with Crippen LogP contribution in [0.25, 0.3) is 0 Å². The first-order valence-electron chi connectivity index (χ1n) is 7.08. The number of anilines is 1. The SMILES string of the molecule is NC1=NC(N)(CCCc2ccccc2)Nc2ncccc21. The summed E-state index contributed by atoms with van der Waals surface area (Å²) in [5.41, 5.74) is 14.4. The van der Waals surface area contributed by atoms with Gasteiger partial charge in [-0.2, -0.15) is 0 Å². The van der Waals surface area contributed by atoms with Gasteiger partial charge in [-0.3, -0.25) is 5.73 Å². The molecule has 1 unspecified atom stereocenters. The lowest BCUT2D eigenvalue weighted by atomic mass is 10.0. The van der Waals surface area contributed by atoms with Crippen LogP contribution in [0.5, 0.6) is 0 Å². The Morgan fingerprint density at radius 3 is 2.71 bits per heavy atom. The largest absolute Gasteiger partial charge is 0.383 e. The van der Waals surface area contributed by atoms with Crippen LogP contribution in [0.4, 0.5) is 5.82 Å². The highest BCUT2D eigenvalue weighted by atomic mass is 15.3. The van der Waals surface area contributed by atoms with Gasteiger partial charge in [-0.05, 0) is 30.5 Å². The molecular formula is C16H19N5. The predicted octanol–water partition coefficient (Wildman–Crippen LogP) is 1.85. The molecule has 0 saturated carbocycles. The fourth-order valence-electron chi connectivity index (χ4n) is 2.54. The summed E-state index contributed by atoms with van der Waals surface area (Å²) in [7, 11) is 0. The van der Waals surface area contributed by atoms with Gasteiger partial charge in [-0.15, -0.1) is 0 Å². The zero-order chi connectivity index (χ0) is 14.7. The van der Waals surface area contributed by atoms with Gasteiger partial charge in [-0.1, -0.05) is 30.3 Å². The summed E-state index contributed by atoms with van der Waals surface area (Å²) in [4.78, 5) is 8.69. The number of amidine groups is 1. The lowest BCUT2D eigenvalue weighted by Crippen LogP contribution is -2.50. The van der Waals surface area contributed by atoms with Crippen LogP contribution in [0, 0.1) is 0 Å². The van der Waals surface area contributed by atoms with Crippen molar-refractivity contribution in [3.05, 3.63) is 59.8 Å². The summed E-state index contributed by atoms with van der Waals surface area (Å²) in [6.45, 7) is 0. The number of aromatic nitrogens is 1. The Bertz CT molecular complexity index is 653. The van der Waals surface area contributed by atoms with Crippen molar-refractivity contribution in [1.82, 2.24) is 4.98 Å².